The van der Waals surface area contributed by atoms with E-state index in [-0.39, 0.29) is 5.76 Å². The van der Waals surface area contributed by atoms with Crippen molar-refractivity contribution in [2.75, 3.05) is 6.61 Å². The Hall–Kier alpha value is -1.15. The van der Waals surface area contributed by atoms with E-state index in [1.54, 1.807) is 18.2 Å². The van der Waals surface area contributed by atoms with Gasteiger partial charge in [-0.25, -0.2) is 0 Å². The maximum atomic E-state index is 9.28. The first kappa shape index (κ1) is 10.9. The van der Waals surface area contributed by atoms with Crippen LogP contribution in [0.1, 0.15) is 18.9 Å². The quantitative estimate of drug-likeness (QED) is 0.772. The molecule has 0 saturated heterocycles. The van der Waals surface area contributed by atoms with E-state index in [2.05, 4.69) is 6.58 Å². The van der Waals surface area contributed by atoms with E-state index < -0.39 is 0 Å². The molecule has 0 bridgehead atoms. The van der Waals surface area contributed by atoms with Gasteiger partial charge in [0.15, 0.2) is 0 Å². The molecule has 3 heteroatoms. The third-order valence-corrected chi connectivity index (χ3v) is 1.95. The van der Waals surface area contributed by atoms with Crippen LogP contribution in [0.15, 0.2) is 24.8 Å². The maximum Gasteiger partial charge on any atom is 0.131 e. The van der Waals surface area contributed by atoms with Gasteiger partial charge in [-0.1, -0.05) is 25.1 Å². The molecule has 1 aromatic rings. The van der Waals surface area contributed by atoms with E-state index in [9.17, 15) is 5.11 Å². The summed E-state index contributed by atoms with van der Waals surface area (Å²) >= 11 is 5.81. The summed E-state index contributed by atoms with van der Waals surface area (Å²) < 4.78 is 5.42. The number of halogens is 1. The summed E-state index contributed by atoms with van der Waals surface area (Å²) in [5.41, 5.74) is 0.586. The normalized spacial score (nSPS) is 9.86. The average Bonchev–Trinajstić information content (AvgIpc) is 2.14. The molecule has 0 aliphatic rings. The van der Waals surface area contributed by atoms with Crippen LogP contribution < -0.4 is 4.74 Å². The summed E-state index contributed by atoms with van der Waals surface area (Å²) in [6.45, 7) is 6.07. The van der Waals surface area contributed by atoms with Crippen molar-refractivity contribution in [1.82, 2.24) is 0 Å². The number of benzene rings is 1. The Kier molecular flexibility index (Phi) is 3.84. The van der Waals surface area contributed by atoms with E-state index in [1.807, 2.05) is 6.92 Å². The molecule has 14 heavy (non-hydrogen) atoms. The Morgan fingerprint density at radius 3 is 2.86 bits per heavy atom. The van der Waals surface area contributed by atoms with E-state index in [0.29, 0.717) is 22.9 Å². The van der Waals surface area contributed by atoms with Crippen molar-refractivity contribution in [3.63, 3.8) is 0 Å². The molecule has 76 valence electrons. The zero-order valence-corrected chi connectivity index (χ0v) is 8.84. The van der Waals surface area contributed by atoms with Gasteiger partial charge in [0, 0.05) is 5.02 Å². The van der Waals surface area contributed by atoms with Crippen LogP contribution in [0.5, 0.6) is 5.75 Å². The van der Waals surface area contributed by atoms with Crippen LogP contribution in [0.25, 0.3) is 5.76 Å². The lowest BCUT2D eigenvalue weighted by molar-refractivity contribution is 0.315. The van der Waals surface area contributed by atoms with Crippen LogP contribution in [0.4, 0.5) is 0 Å². The maximum absolute atomic E-state index is 9.28. The molecule has 1 aromatic carbocycles. The van der Waals surface area contributed by atoms with E-state index in [0.717, 1.165) is 6.42 Å². The van der Waals surface area contributed by atoms with E-state index in [4.69, 9.17) is 16.3 Å². The zero-order chi connectivity index (χ0) is 10.6. The number of rotatable bonds is 4. The third kappa shape index (κ3) is 2.67. The molecule has 1 N–H and O–H groups in total. The molecule has 0 fully saturated rings. The lowest BCUT2D eigenvalue weighted by atomic mass is 10.2. The van der Waals surface area contributed by atoms with Gasteiger partial charge < -0.3 is 9.84 Å². The number of hydrogen-bond acceptors (Lipinski definition) is 2. The number of ether oxygens (including phenoxy) is 1. The first-order chi connectivity index (χ1) is 6.65. The van der Waals surface area contributed by atoms with Gasteiger partial charge in [-0.2, -0.15) is 0 Å². The molecule has 1 rings (SSSR count). The van der Waals surface area contributed by atoms with Crippen LogP contribution >= 0.6 is 11.6 Å². The fourth-order valence-electron chi connectivity index (χ4n) is 1.07. The molecule has 0 aromatic heterocycles. The smallest absolute Gasteiger partial charge is 0.131 e. The van der Waals surface area contributed by atoms with Crippen molar-refractivity contribution in [3.8, 4) is 5.75 Å². The largest absolute Gasteiger partial charge is 0.508 e. The monoisotopic (exact) mass is 212 g/mol. The first-order valence-corrected chi connectivity index (χ1v) is 4.83. The minimum Gasteiger partial charge on any atom is -0.508 e. The highest BCUT2D eigenvalue weighted by atomic mass is 35.5. The van der Waals surface area contributed by atoms with Crippen LogP contribution in [0.3, 0.4) is 0 Å². The molecular weight excluding hydrogens is 200 g/mol. The van der Waals surface area contributed by atoms with Crippen LogP contribution in [-0.4, -0.2) is 11.7 Å². The van der Waals surface area contributed by atoms with Crippen molar-refractivity contribution in [2.24, 2.45) is 0 Å². The summed E-state index contributed by atoms with van der Waals surface area (Å²) in [4.78, 5) is 0. The Labute approximate surface area is 88.8 Å². The zero-order valence-electron chi connectivity index (χ0n) is 8.09. The van der Waals surface area contributed by atoms with Crippen molar-refractivity contribution in [2.45, 2.75) is 13.3 Å². The second-order valence-electron chi connectivity index (χ2n) is 2.94. The van der Waals surface area contributed by atoms with Gasteiger partial charge in [-0.3, -0.25) is 0 Å². The first-order valence-electron chi connectivity index (χ1n) is 4.45. The molecule has 0 radical (unpaired) electrons. The van der Waals surface area contributed by atoms with Gasteiger partial charge in [0.25, 0.3) is 0 Å². The topological polar surface area (TPSA) is 29.5 Å². The lowest BCUT2D eigenvalue weighted by Gasteiger charge is -2.09. The SMILES string of the molecule is C=C(O)c1ccc(Cl)cc1OCCC. The van der Waals surface area contributed by atoms with Crippen LogP contribution in [0.2, 0.25) is 5.02 Å². The van der Waals surface area contributed by atoms with Gasteiger partial charge in [0.2, 0.25) is 0 Å². The highest BCUT2D eigenvalue weighted by molar-refractivity contribution is 6.30. The van der Waals surface area contributed by atoms with Gasteiger partial charge >= 0.3 is 0 Å². The van der Waals surface area contributed by atoms with E-state index >= 15 is 0 Å². The van der Waals surface area contributed by atoms with Gasteiger partial charge in [0.1, 0.15) is 11.5 Å². The Morgan fingerprint density at radius 2 is 2.29 bits per heavy atom. The van der Waals surface area contributed by atoms with Crippen molar-refractivity contribution in [1.29, 1.82) is 0 Å². The summed E-state index contributed by atoms with van der Waals surface area (Å²) in [5.74, 6) is 0.569. The predicted molar refractivity (Wildman–Crippen MR) is 58.9 cm³/mol. The van der Waals surface area contributed by atoms with Crippen molar-refractivity contribution >= 4 is 17.4 Å². The third-order valence-electron chi connectivity index (χ3n) is 1.72. The standard InChI is InChI=1S/C11H13ClO2/c1-3-6-14-11-7-9(12)4-5-10(11)8(2)13/h4-5,7,13H,2-3,6H2,1H3. The Morgan fingerprint density at radius 1 is 1.57 bits per heavy atom. The summed E-state index contributed by atoms with van der Waals surface area (Å²) in [6.07, 6.45) is 0.907. The number of hydrogen-bond donors (Lipinski definition) is 1. The predicted octanol–water partition coefficient (Wildman–Crippen LogP) is 3.66. The fourth-order valence-corrected chi connectivity index (χ4v) is 1.23. The number of aliphatic hydroxyl groups is 1. The van der Waals surface area contributed by atoms with Crippen molar-refractivity contribution < 1.29 is 9.84 Å². The Balaban J connectivity index is 2.97. The lowest BCUT2D eigenvalue weighted by Crippen LogP contribution is -1.98. The molecule has 0 aliphatic heterocycles. The van der Waals surface area contributed by atoms with Gasteiger partial charge in [-0.15, -0.1) is 0 Å². The second-order valence-corrected chi connectivity index (χ2v) is 3.37. The molecule has 0 aliphatic carbocycles. The van der Waals surface area contributed by atoms with Crippen LogP contribution in [-0.2, 0) is 0 Å². The van der Waals surface area contributed by atoms with Crippen LogP contribution in [0, 0.1) is 0 Å². The molecule has 0 saturated carbocycles. The Bertz CT molecular complexity index is 334. The minimum absolute atomic E-state index is 0.00669. The molecule has 0 unspecified atom stereocenters. The summed E-state index contributed by atoms with van der Waals surface area (Å²) in [7, 11) is 0. The van der Waals surface area contributed by atoms with Gasteiger partial charge in [-0.05, 0) is 24.6 Å². The number of aliphatic hydroxyl groups excluding tert-OH is 1. The fraction of sp³-hybridized carbons (Fsp3) is 0.273. The molecule has 0 atom stereocenters. The summed E-state index contributed by atoms with van der Waals surface area (Å²) in [5, 5.41) is 9.86. The van der Waals surface area contributed by atoms with Crippen molar-refractivity contribution in [3.05, 3.63) is 35.4 Å². The molecule has 0 heterocycles. The highest BCUT2D eigenvalue weighted by Gasteiger charge is 2.06. The summed E-state index contributed by atoms with van der Waals surface area (Å²) in [6, 6.07) is 5.06. The van der Waals surface area contributed by atoms with Gasteiger partial charge in [0.05, 0.1) is 12.2 Å². The molecular formula is C11H13ClO2. The second kappa shape index (κ2) is 4.91. The minimum atomic E-state index is -0.00669. The molecule has 0 amide bonds. The van der Waals surface area contributed by atoms with E-state index in [1.165, 1.54) is 0 Å². The molecule has 0 spiro atoms. The molecule has 2 nitrogen and oxygen atoms in total. The highest BCUT2D eigenvalue weighted by Crippen LogP contribution is 2.27. The average molecular weight is 213 g/mol.